The molecule has 0 radical (unpaired) electrons. The number of carbonyl (C=O) groups is 2. The number of benzene rings is 1. The van der Waals surface area contributed by atoms with Gasteiger partial charge in [0.05, 0.1) is 0 Å². The van der Waals surface area contributed by atoms with E-state index < -0.39 is 18.6 Å². The third-order valence-corrected chi connectivity index (χ3v) is 2.96. The fraction of sp³-hybridized carbons (Fsp3) is 0.385. The second-order valence-corrected chi connectivity index (χ2v) is 4.33. The van der Waals surface area contributed by atoms with Crippen LogP contribution in [0, 0.1) is 0 Å². The highest BCUT2D eigenvalue weighted by Crippen LogP contribution is 2.25. The summed E-state index contributed by atoms with van der Waals surface area (Å²) in [6.45, 7) is 0.0422. The van der Waals surface area contributed by atoms with Gasteiger partial charge in [-0.15, -0.1) is 0 Å². The lowest BCUT2D eigenvalue weighted by Crippen LogP contribution is -2.41. The third-order valence-electron chi connectivity index (χ3n) is 2.96. The number of aliphatic carboxylic acids is 1. The number of amides is 2. The number of nitrogens with zero attached hydrogens (tertiary/aromatic N) is 1. The maximum Gasteiger partial charge on any atom is 0.345 e. The van der Waals surface area contributed by atoms with Crippen molar-refractivity contribution >= 4 is 17.7 Å². The lowest BCUT2D eigenvalue weighted by atomic mass is 10.1. The standard InChI is InChI=1S/C13H16N2O4/c16-12(17)9-19-14-13(18)15-8-4-3-6-10-5-1-2-7-11(10)15/h1-2,5,7H,3-4,6,8-9H2,(H,14,18)(H,16,17). The predicted molar refractivity (Wildman–Crippen MR) is 68.8 cm³/mol. The molecule has 0 fully saturated rings. The summed E-state index contributed by atoms with van der Waals surface area (Å²) in [5, 5.41) is 8.45. The first kappa shape index (κ1) is 13.4. The van der Waals surface area contributed by atoms with E-state index in [2.05, 4.69) is 10.3 Å². The zero-order valence-corrected chi connectivity index (χ0v) is 10.5. The van der Waals surface area contributed by atoms with Crippen LogP contribution in [-0.4, -0.2) is 30.3 Å². The number of hydrogen-bond donors (Lipinski definition) is 2. The molecule has 1 aliphatic heterocycles. The maximum absolute atomic E-state index is 12.0. The van der Waals surface area contributed by atoms with E-state index in [1.54, 1.807) is 4.90 Å². The smallest absolute Gasteiger partial charge is 0.345 e. The van der Waals surface area contributed by atoms with Crippen LogP contribution in [0.5, 0.6) is 0 Å². The number of carboxylic acids is 1. The Hall–Kier alpha value is -2.08. The van der Waals surface area contributed by atoms with Crippen molar-refractivity contribution in [2.45, 2.75) is 19.3 Å². The molecule has 2 amide bonds. The number of urea groups is 1. The van der Waals surface area contributed by atoms with Gasteiger partial charge in [-0.3, -0.25) is 9.74 Å². The summed E-state index contributed by atoms with van der Waals surface area (Å²) in [7, 11) is 0. The fourth-order valence-electron chi connectivity index (χ4n) is 2.12. The number of anilines is 1. The SMILES string of the molecule is O=C(O)CONC(=O)N1CCCCc2ccccc21. The van der Waals surface area contributed by atoms with Crippen LogP contribution in [-0.2, 0) is 16.1 Å². The van der Waals surface area contributed by atoms with Crippen molar-refractivity contribution in [3.05, 3.63) is 29.8 Å². The van der Waals surface area contributed by atoms with Crippen molar-refractivity contribution in [2.75, 3.05) is 18.1 Å². The van der Waals surface area contributed by atoms with Gasteiger partial charge in [0.15, 0.2) is 6.61 Å². The molecule has 0 spiro atoms. The molecule has 1 aromatic rings. The summed E-state index contributed by atoms with van der Waals surface area (Å²) in [5.74, 6) is -1.13. The van der Waals surface area contributed by atoms with E-state index >= 15 is 0 Å². The number of hydroxylamine groups is 1. The quantitative estimate of drug-likeness (QED) is 0.812. The minimum atomic E-state index is -1.13. The first-order chi connectivity index (χ1) is 9.18. The molecule has 0 saturated carbocycles. The van der Waals surface area contributed by atoms with Crippen LogP contribution < -0.4 is 10.4 Å². The number of hydrogen-bond acceptors (Lipinski definition) is 3. The molecule has 1 aliphatic rings. The maximum atomic E-state index is 12.0. The second kappa shape index (κ2) is 6.19. The zero-order chi connectivity index (χ0) is 13.7. The Morgan fingerprint density at radius 1 is 1.32 bits per heavy atom. The van der Waals surface area contributed by atoms with E-state index in [-0.39, 0.29) is 0 Å². The Kier molecular flexibility index (Phi) is 4.35. The number of fused-ring (bicyclic) bond motifs is 1. The Morgan fingerprint density at radius 2 is 2.11 bits per heavy atom. The van der Waals surface area contributed by atoms with Crippen molar-refractivity contribution < 1.29 is 19.5 Å². The second-order valence-electron chi connectivity index (χ2n) is 4.33. The van der Waals surface area contributed by atoms with E-state index in [9.17, 15) is 9.59 Å². The summed E-state index contributed by atoms with van der Waals surface area (Å²) in [6, 6.07) is 7.27. The molecule has 2 rings (SSSR count). The predicted octanol–water partition coefficient (Wildman–Crippen LogP) is 1.56. The first-order valence-electron chi connectivity index (χ1n) is 6.17. The molecule has 1 aromatic carbocycles. The number of carbonyl (C=O) groups excluding carboxylic acids is 1. The van der Waals surface area contributed by atoms with Crippen LogP contribution in [0.4, 0.5) is 10.5 Å². The van der Waals surface area contributed by atoms with Gasteiger partial charge in [0.25, 0.3) is 0 Å². The number of rotatable bonds is 3. The third kappa shape index (κ3) is 3.45. The molecular formula is C13H16N2O4. The molecule has 2 N–H and O–H groups in total. The van der Waals surface area contributed by atoms with Crippen molar-refractivity contribution in [1.82, 2.24) is 5.48 Å². The van der Waals surface area contributed by atoms with E-state index in [0.29, 0.717) is 6.54 Å². The molecule has 0 saturated heterocycles. The van der Waals surface area contributed by atoms with E-state index in [4.69, 9.17) is 5.11 Å². The van der Waals surface area contributed by atoms with Crippen molar-refractivity contribution in [2.24, 2.45) is 0 Å². The van der Waals surface area contributed by atoms with Gasteiger partial charge in [-0.2, -0.15) is 0 Å². The zero-order valence-electron chi connectivity index (χ0n) is 10.5. The van der Waals surface area contributed by atoms with Crippen molar-refractivity contribution in [3.8, 4) is 0 Å². The van der Waals surface area contributed by atoms with E-state index in [1.165, 1.54) is 0 Å². The van der Waals surface area contributed by atoms with Crippen molar-refractivity contribution in [1.29, 1.82) is 0 Å². The molecule has 102 valence electrons. The highest BCUT2D eigenvalue weighted by molar-refractivity contribution is 5.92. The molecule has 0 unspecified atom stereocenters. The lowest BCUT2D eigenvalue weighted by Gasteiger charge is -2.22. The molecule has 6 nitrogen and oxygen atoms in total. The largest absolute Gasteiger partial charge is 0.479 e. The highest BCUT2D eigenvalue weighted by Gasteiger charge is 2.20. The highest BCUT2D eigenvalue weighted by atomic mass is 16.7. The lowest BCUT2D eigenvalue weighted by molar-refractivity contribution is -0.143. The van der Waals surface area contributed by atoms with E-state index in [0.717, 1.165) is 30.5 Å². The molecule has 19 heavy (non-hydrogen) atoms. The normalized spacial score (nSPS) is 14.4. The van der Waals surface area contributed by atoms with Gasteiger partial charge in [0.2, 0.25) is 0 Å². The number of aryl methyl sites for hydroxylation is 1. The molecule has 0 bridgehead atoms. The molecule has 6 heteroatoms. The molecule has 1 heterocycles. The Morgan fingerprint density at radius 3 is 2.89 bits per heavy atom. The van der Waals surface area contributed by atoms with Crippen LogP contribution in [0.15, 0.2) is 24.3 Å². The first-order valence-corrected chi connectivity index (χ1v) is 6.17. The topological polar surface area (TPSA) is 78.9 Å². The minimum Gasteiger partial charge on any atom is -0.479 e. The molecule has 0 atom stereocenters. The Bertz CT molecular complexity index is 475. The van der Waals surface area contributed by atoms with Gasteiger partial charge in [0, 0.05) is 12.2 Å². The van der Waals surface area contributed by atoms with Crippen LogP contribution in [0.2, 0.25) is 0 Å². The van der Waals surface area contributed by atoms with Crippen LogP contribution in [0.3, 0.4) is 0 Å². The van der Waals surface area contributed by atoms with Crippen LogP contribution in [0.25, 0.3) is 0 Å². The fourth-order valence-corrected chi connectivity index (χ4v) is 2.12. The number of para-hydroxylation sites is 1. The Labute approximate surface area is 110 Å². The molecule has 0 aliphatic carbocycles. The van der Waals surface area contributed by atoms with Gasteiger partial charge in [-0.05, 0) is 30.9 Å². The Balaban J connectivity index is 2.06. The average molecular weight is 264 g/mol. The van der Waals surface area contributed by atoms with Gasteiger partial charge in [-0.1, -0.05) is 18.2 Å². The van der Waals surface area contributed by atoms with Gasteiger partial charge in [0.1, 0.15) is 0 Å². The minimum absolute atomic E-state index is 0.435. The monoisotopic (exact) mass is 264 g/mol. The summed E-state index contributed by atoms with van der Waals surface area (Å²) >= 11 is 0. The summed E-state index contributed by atoms with van der Waals surface area (Å²) in [6.07, 6.45) is 2.87. The van der Waals surface area contributed by atoms with Gasteiger partial charge in [-0.25, -0.2) is 15.1 Å². The number of nitrogens with one attached hydrogen (secondary N) is 1. The summed E-state index contributed by atoms with van der Waals surface area (Å²) < 4.78 is 0. The summed E-state index contributed by atoms with van der Waals surface area (Å²) in [5.41, 5.74) is 4.14. The molecular weight excluding hydrogens is 248 g/mol. The number of carboxylic acid groups (broad SMARTS) is 1. The van der Waals surface area contributed by atoms with Gasteiger partial charge < -0.3 is 5.11 Å². The van der Waals surface area contributed by atoms with Gasteiger partial charge >= 0.3 is 12.0 Å². The summed E-state index contributed by atoms with van der Waals surface area (Å²) in [4.78, 5) is 28.5. The van der Waals surface area contributed by atoms with E-state index in [1.807, 2.05) is 24.3 Å². The molecule has 0 aromatic heterocycles. The average Bonchev–Trinajstić information content (AvgIpc) is 2.60. The van der Waals surface area contributed by atoms with Crippen LogP contribution in [0.1, 0.15) is 18.4 Å². The van der Waals surface area contributed by atoms with Crippen LogP contribution >= 0.6 is 0 Å². The van der Waals surface area contributed by atoms with Crippen molar-refractivity contribution in [3.63, 3.8) is 0 Å².